The van der Waals surface area contributed by atoms with E-state index < -0.39 is 0 Å². The number of halogens is 2. The van der Waals surface area contributed by atoms with Crippen molar-refractivity contribution in [2.24, 2.45) is 0 Å². The summed E-state index contributed by atoms with van der Waals surface area (Å²) < 4.78 is 13.3. The lowest BCUT2D eigenvalue weighted by Crippen LogP contribution is -2.50. The minimum Gasteiger partial charge on any atom is -0.332 e. The van der Waals surface area contributed by atoms with Crippen LogP contribution >= 0.6 is 24.2 Å². The molecule has 1 heterocycles. The number of carbonyl (C=O) groups excluding carboxylic acids is 1. The summed E-state index contributed by atoms with van der Waals surface area (Å²) in [6.07, 6.45) is 1.93. The number of nitrogens with one attached hydrogen (secondary N) is 1. The molecule has 20 heavy (non-hydrogen) atoms. The Kier molecular flexibility index (Phi) is 6.79. The van der Waals surface area contributed by atoms with Crippen molar-refractivity contribution in [1.29, 1.82) is 0 Å². The van der Waals surface area contributed by atoms with E-state index in [1.165, 1.54) is 12.1 Å². The second-order valence-corrected chi connectivity index (χ2v) is 5.86. The molecule has 0 spiro atoms. The highest BCUT2D eigenvalue weighted by Crippen LogP contribution is 2.25. The highest BCUT2D eigenvalue weighted by molar-refractivity contribution is 7.99. The molecule has 2 rings (SSSR count). The molecule has 0 aliphatic carbocycles. The van der Waals surface area contributed by atoms with Gasteiger partial charge in [-0.2, -0.15) is 11.8 Å². The van der Waals surface area contributed by atoms with Crippen LogP contribution in [-0.4, -0.2) is 41.9 Å². The zero-order valence-electron chi connectivity index (χ0n) is 11.6. The van der Waals surface area contributed by atoms with E-state index >= 15 is 0 Å². The van der Waals surface area contributed by atoms with Crippen LogP contribution in [0.4, 0.5) is 4.39 Å². The van der Waals surface area contributed by atoms with E-state index in [1.807, 2.05) is 24.1 Å². The summed E-state index contributed by atoms with van der Waals surface area (Å²) in [6.45, 7) is 4.05. The minimum absolute atomic E-state index is 0. The second-order valence-electron chi connectivity index (χ2n) is 4.68. The number of thioether (sulfide) groups is 1. The Balaban J connectivity index is 0.00000200. The quantitative estimate of drug-likeness (QED) is 0.929. The van der Waals surface area contributed by atoms with Crippen molar-refractivity contribution in [1.82, 2.24) is 10.2 Å². The van der Waals surface area contributed by atoms with Gasteiger partial charge < -0.3 is 10.2 Å². The summed E-state index contributed by atoms with van der Waals surface area (Å²) in [5.74, 6) is -0.128. The van der Waals surface area contributed by atoms with Gasteiger partial charge in [-0.05, 0) is 30.9 Å². The zero-order chi connectivity index (χ0) is 13.8. The van der Waals surface area contributed by atoms with Crippen LogP contribution < -0.4 is 5.32 Å². The fourth-order valence-corrected chi connectivity index (χ4v) is 2.65. The SMILES string of the molecule is CSC(C)C(=O)N1CCNCC1c1cccc(F)c1.Cl. The first-order valence-corrected chi connectivity index (χ1v) is 7.71. The Labute approximate surface area is 129 Å². The van der Waals surface area contributed by atoms with E-state index in [1.54, 1.807) is 17.8 Å². The van der Waals surface area contributed by atoms with Gasteiger partial charge in [0.2, 0.25) is 5.91 Å². The van der Waals surface area contributed by atoms with Gasteiger partial charge in [-0.15, -0.1) is 12.4 Å². The highest BCUT2D eigenvalue weighted by atomic mass is 35.5. The third kappa shape index (κ3) is 3.87. The maximum Gasteiger partial charge on any atom is 0.235 e. The monoisotopic (exact) mass is 318 g/mol. The third-order valence-corrected chi connectivity index (χ3v) is 4.37. The molecule has 0 radical (unpaired) electrons. The molecule has 0 aromatic heterocycles. The largest absolute Gasteiger partial charge is 0.332 e. The van der Waals surface area contributed by atoms with E-state index in [2.05, 4.69) is 5.32 Å². The van der Waals surface area contributed by atoms with Crippen molar-refractivity contribution in [2.45, 2.75) is 18.2 Å². The Morgan fingerprint density at radius 1 is 1.55 bits per heavy atom. The number of piperazine rings is 1. The van der Waals surface area contributed by atoms with Gasteiger partial charge >= 0.3 is 0 Å². The predicted molar refractivity (Wildman–Crippen MR) is 83.9 cm³/mol. The maximum absolute atomic E-state index is 13.3. The average Bonchev–Trinajstić information content (AvgIpc) is 2.45. The van der Waals surface area contributed by atoms with E-state index in [-0.39, 0.29) is 35.4 Å². The fourth-order valence-electron chi connectivity index (χ4n) is 2.31. The fraction of sp³-hybridized carbons (Fsp3) is 0.500. The van der Waals surface area contributed by atoms with Gasteiger partial charge in [0.05, 0.1) is 11.3 Å². The van der Waals surface area contributed by atoms with Crippen LogP contribution in [0.25, 0.3) is 0 Å². The van der Waals surface area contributed by atoms with Crippen molar-refractivity contribution in [2.75, 3.05) is 25.9 Å². The lowest BCUT2D eigenvalue weighted by atomic mass is 10.0. The summed E-state index contributed by atoms with van der Waals surface area (Å²) in [5.41, 5.74) is 0.855. The van der Waals surface area contributed by atoms with Crippen LogP contribution in [0, 0.1) is 5.82 Å². The molecule has 1 aromatic carbocycles. The number of amides is 1. The molecule has 1 aliphatic rings. The number of carbonyl (C=O) groups is 1. The van der Waals surface area contributed by atoms with Crippen LogP contribution in [0.5, 0.6) is 0 Å². The van der Waals surface area contributed by atoms with Crippen LogP contribution in [0.3, 0.4) is 0 Å². The van der Waals surface area contributed by atoms with E-state index in [4.69, 9.17) is 0 Å². The Hall–Kier alpha value is -0.780. The lowest BCUT2D eigenvalue weighted by molar-refractivity contribution is -0.133. The van der Waals surface area contributed by atoms with Crippen molar-refractivity contribution in [3.05, 3.63) is 35.6 Å². The first-order valence-electron chi connectivity index (χ1n) is 6.43. The molecule has 1 aromatic rings. The molecule has 0 saturated carbocycles. The molecule has 6 heteroatoms. The molecule has 2 atom stereocenters. The van der Waals surface area contributed by atoms with Gasteiger partial charge in [-0.1, -0.05) is 12.1 Å². The van der Waals surface area contributed by atoms with Gasteiger partial charge in [-0.25, -0.2) is 4.39 Å². The Morgan fingerprint density at radius 3 is 2.95 bits per heavy atom. The van der Waals surface area contributed by atoms with Crippen LogP contribution in [-0.2, 0) is 4.79 Å². The molecule has 1 saturated heterocycles. The standard InChI is InChI=1S/C14H19FN2OS.ClH/c1-10(19-2)14(18)17-7-6-16-9-13(17)11-4-3-5-12(15)8-11;/h3-5,8,10,13,16H,6-7,9H2,1-2H3;1H. The minimum atomic E-state index is -0.256. The van der Waals surface area contributed by atoms with Gasteiger partial charge in [0.1, 0.15) is 5.82 Å². The van der Waals surface area contributed by atoms with Crippen LogP contribution in [0.15, 0.2) is 24.3 Å². The summed E-state index contributed by atoms with van der Waals surface area (Å²) in [4.78, 5) is 14.2. The van der Waals surface area contributed by atoms with Crippen LogP contribution in [0.1, 0.15) is 18.5 Å². The smallest absolute Gasteiger partial charge is 0.235 e. The molecule has 1 fully saturated rings. The number of nitrogens with zero attached hydrogens (tertiary/aromatic N) is 1. The first-order chi connectivity index (χ1) is 9.13. The summed E-state index contributed by atoms with van der Waals surface area (Å²) >= 11 is 1.54. The average molecular weight is 319 g/mol. The molecule has 0 bridgehead atoms. The Morgan fingerprint density at radius 2 is 2.30 bits per heavy atom. The maximum atomic E-state index is 13.3. The number of hydrogen-bond acceptors (Lipinski definition) is 3. The molecule has 3 nitrogen and oxygen atoms in total. The molecular weight excluding hydrogens is 299 g/mol. The second kappa shape index (κ2) is 7.86. The van der Waals surface area contributed by atoms with E-state index in [9.17, 15) is 9.18 Å². The van der Waals surface area contributed by atoms with Crippen molar-refractivity contribution in [3.8, 4) is 0 Å². The number of hydrogen-bond donors (Lipinski definition) is 1. The molecule has 2 unspecified atom stereocenters. The normalized spacial score (nSPS) is 20.1. The summed E-state index contributed by atoms with van der Waals surface area (Å²) in [6, 6.07) is 6.44. The van der Waals surface area contributed by atoms with Gasteiger partial charge in [0.25, 0.3) is 0 Å². The topological polar surface area (TPSA) is 32.3 Å². The summed E-state index contributed by atoms with van der Waals surface area (Å²) in [5, 5.41) is 3.21. The summed E-state index contributed by atoms with van der Waals surface area (Å²) in [7, 11) is 0. The van der Waals surface area contributed by atoms with Crippen molar-refractivity contribution < 1.29 is 9.18 Å². The third-order valence-electron chi connectivity index (χ3n) is 3.46. The zero-order valence-corrected chi connectivity index (χ0v) is 13.3. The van der Waals surface area contributed by atoms with E-state index in [0.29, 0.717) is 13.1 Å². The van der Waals surface area contributed by atoms with Gasteiger partial charge in [0, 0.05) is 19.6 Å². The van der Waals surface area contributed by atoms with Gasteiger partial charge in [-0.3, -0.25) is 4.79 Å². The van der Waals surface area contributed by atoms with Crippen molar-refractivity contribution in [3.63, 3.8) is 0 Å². The molecular formula is C14H20ClFN2OS. The van der Waals surface area contributed by atoms with Gasteiger partial charge in [0.15, 0.2) is 0 Å². The highest BCUT2D eigenvalue weighted by Gasteiger charge is 2.30. The Bertz CT molecular complexity index is 461. The molecule has 1 aliphatic heterocycles. The molecule has 112 valence electrons. The molecule has 1 N–H and O–H groups in total. The lowest BCUT2D eigenvalue weighted by Gasteiger charge is -2.37. The first kappa shape index (κ1) is 17.3. The number of rotatable bonds is 3. The van der Waals surface area contributed by atoms with Crippen molar-refractivity contribution >= 4 is 30.1 Å². The number of benzene rings is 1. The van der Waals surface area contributed by atoms with E-state index in [0.717, 1.165) is 12.1 Å². The molecule has 1 amide bonds. The predicted octanol–water partition coefficient (Wildman–Crippen LogP) is 2.47. The van der Waals surface area contributed by atoms with Crippen LogP contribution in [0.2, 0.25) is 0 Å².